The van der Waals surface area contributed by atoms with Gasteiger partial charge in [-0.2, -0.15) is 0 Å². The van der Waals surface area contributed by atoms with Crippen molar-refractivity contribution in [3.05, 3.63) is 24.0 Å². The minimum atomic E-state index is -0.0224. The lowest BCUT2D eigenvalue weighted by atomic mass is 10.3. The van der Waals surface area contributed by atoms with Crippen LogP contribution in [0.5, 0.6) is 0 Å². The monoisotopic (exact) mass is 278 g/mol. The van der Waals surface area contributed by atoms with Gasteiger partial charge >= 0.3 is 0 Å². The van der Waals surface area contributed by atoms with Crippen molar-refractivity contribution in [2.75, 3.05) is 46.1 Å². The lowest BCUT2D eigenvalue weighted by Gasteiger charge is -2.18. The molecule has 112 valence electrons. The van der Waals surface area contributed by atoms with Crippen LogP contribution in [0.25, 0.3) is 0 Å². The largest absolute Gasteiger partial charge is 0.384 e. The molecule has 0 bridgehead atoms. The standard InChI is InChI=1S/C15H26N4O/c1-5-9-16-13-7-8-14(17-12-13)15(20)19(4)11-6-10-18(2)3/h7-8,12,16H,5-6,9-11H2,1-4H3. The SMILES string of the molecule is CCCNc1ccc(C(=O)N(C)CCCN(C)C)nc1. The molecule has 0 unspecified atom stereocenters. The first kappa shape index (κ1) is 16.4. The van der Waals surface area contributed by atoms with E-state index in [1.807, 2.05) is 27.2 Å². The lowest BCUT2D eigenvalue weighted by Crippen LogP contribution is -2.30. The van der Waals surface area contributed by atoms with E-state index in [2.05, 4.69) is 22.1 Å². The van der Waals surface area contributed by atoms with Gasteiger partial charge in [0.15, 0.2) is 0 Å². The van der Waals surface area contributed by atoms with Crippen LogP contribution < -0.4 is 5.32 Å². The van der Waals surface area contributed by atoms with Crippen LogP contribution in [0.2, 0.25) is 0 Å². The number of carbonyl (C=O) groups excluding carboxylic acids is 1. The summed E-state index contributed by atoms with van der Waals surface area (Å²) >= 11 is 0. The Balaban J connectivity index is 2.49. The van der Waals surface area contributed by atoms with Crippen molar-refractivity contribution >= 4 is 11.6 Å². The van der Waals surface area contributed by atoms with Gasteiger partial charge in [-0.05, 0) is 45.6 Å². The zero-order valence-corrected chi connectivity index (χ0v) is 13.0. The maximum Gasteiger partial charge on any atom is 0.272 e. The zero-order valence-electron chi connectivity index (χ0n) is 13.0. The molecule has 20 heavy (non-hydrogen) atoms. The number of rotatable bonds is 8. The van der Waals surface area contributed by atoms with E-state index in [-0.39, 0.29) is 5.91 Å². The highest BCUT2D eigenvalue weighted by molar-refractivity contribution is 5.92. The molecule has 1 aromatic rings. The molecule has 0 aromatic carbocycles. The van der Waals surface area contributed by atoms with E-state index in [0.29, 0.717) is 5.69 Å². The number of pyridine rings is 1. The molecule has 1 aromatic heterocycles. The molecule has 0 fully saturated rings. The molecule has 5 heteroatoms. The summed E-state index contributed by atoms with van der Waals surface area (Å²) in [6, 6.07) is 3.69. The van der Waals surface area contributed by atoms with Gasteiger partial charge in [0.05, 0.1) is 11.9 Å². The average molecular weight is 278 g/mol. The number of nitrogens with one attached hydrogen (secondary N) is 1. The molecule has 1 heterocycles. The summed E-state index contributed by atoms with van der Waals surface area (Å²) in [7, 11) is 5.89. The summed E-state index contributed by atoms with van der Waals surface area (Å²) in [6.45, 7) is 4.75. The Hall–Kier alpha value is -1.62. The number of aromatic nitrogens is 1. The summed E-state index contributed by atoms with van der Waals surface area (Å²) in [6.07, 6.45) is 3.75. The first-order valence-electron chi connectivity index (χ1n) is 7.14. The molecular weight excluding hydrogens is 252 g/mol. The third kappa shape index (κ3) is 5.57. The Morgan fingerprint density at radius 2 is 2.00 bits per heavy atom. The highest BCUT2D eigenvalue weighted by Crippen LogP contribution is 2.08. The third-order valence-electron chi connectivity index (χ3n) is 3.01. The molecular formula is C15H26N4O. The van der Waals surface area contributed by atoms with E-state index in [4.69, 9.17) is 0 Å². The lowest BCUT2D eigenvalue weighted by molar-refractivity contribution is 0.0785. The normalized spacial score (nSPS) is 10.7. The van der Waals surface area contributed by atoms with Gasteiger partial charge in [-0.15, -0.1) is 0 Å². The fourth-order valence-electron chi connectivity index (χ4n) is 1.82. The molecule has 0 saturated heterocycles. The molecule has 0 aliphatic rings. The second-order valence-corrected chi connectivity index (χ2v) is 5.24. The smallest absolute Gasteiger partial charge is 0.272 e. The molecule has 1 amide bonds. The number of anilines is 1. The van der Waals surface area contributed by atoms with Gasteiger partial charge in [-0.25, -0.2) is 4.98 Å². The number of carbonyl (C=O) groups is 1. The van der Waals surface area contributed by atoms with Crippen molar-refractivity contribution in [1.82, 2.24) is 14.8 Å². The molecule has 0 radical (unpaired) electrons. The number of hydrogen-bond donors (Lipinski definition) is 1. The van der Waals surface area contributed by atoms with Gasteiger partial charge in [0.25, 0.3) is 5.91 Å². The predicted molar refractivity (Wildman–Crippen MR) is 83.1 cm³/mol. The fraction of sp³-hybridized carbons (Fsp3) is 0.600. The van der Waals surface area contributed by atoms with Crippen molar-refractivity contribution in [3.8, 4) is 0 Å². The van der Waals surface area contributed by atoms with E-state index in [1.54, 1.807) is 17.2 Å². The molecule has 0 atom stereocenters. The summed E-state index contributed by atoms with van der Waals surface area (Å²) in [5, 5.41) is 3.24. The van der Waals surface area contributed by atoms with Crippen LogP contribution in [0.15, 0.2) is 18.3 Å². The first-order valence-corrected chi connectivity index (χ1v) is 7.14. The predicted octanol–water partition coefficient (Wildman–Crippen LogP) is 1.93. The zero-order chi connectivity index (χ0) is 15.0. The van der Waals surface area contributed by atoms with Crippen molar-refractivity contribution in [2.45, 2.75) is 19.8 Å². The Bertz CT molecular complexity index is 403. The maximum atomic E-state index is 12.2. The number of hydrogen-bond acceptors (Lipinski definition) is 4. The van der Waals surface area contributed by atoms with Crippen molar-refractivity contribution < 1.29 is 4.79 Å². The Morgan fingerprint density at radius 3 is 2.55 bits per heavy atom. The maximum absolute atomic E-state index is 12.2. The highest BCUT2D eigenvalue weighted by atomic mass is 16.2. The second kappa shape index (κ2) is 8.53. The molecule has 0 aliphatic carbocycles. The summed E-state index contributed by atoms with van der Waals surface area (Å²) < 4.78 is 0. The molecule has 1 rings (SSSR count). The quantitative estimate of drug-likeness (QED) is 0.789. The molecule has 0 saturated carbocycles. The minimum absolute atomic E-state index is 0.0224. The summed E-state index contributed by atoms with van der Waals surface area (Å²) in [5.41, 5.74) is 1.46. The number of nitrogens with zero attached hydrogens (tertiary/aromatic N) is 3. The average Bonchev–Trinajstić information content (AvgIpc) is 2.44. The van der Waals surface area contributed by atoms with E-state index in [0.717, 1.165) is 38.2 Å². The first-order chi connectivity index (χ1) is 9.54. The van der Waals surface area contributed by atoms with Crippen LogP contribution in [-0.2, 0) is 0 Å². The Morgan fingerprint density at radius 1 is 1.25 bits per heavy atom. The minimum Gasteiger partial charge on any atom is -0.384 e. The van der Waals surface area contributed by atoms with Gasteiger partial charge in [0.2, 0.25) is 0 Å². The van der Waals surface area contributed by atoms with E-state index in [9.17, 15) is 4.79 Å². The van der Waals surface area contributed by atoms with Gasteiger partial charge in [0, 0.05) is 20.1 Å². The van der Waals surface area contributed by atoms with Crippen molar-refractivity contribution in [2.24, 2.45) is 0 Å². The molecule has 5 nitrogen and oxygen atoms in total. The van der Waals surface area contributed by atoms with E-state index >= 15 is 0 Å². The third-order valence-corrected chi connectivity index (χ3v) is 3.01. The van der Waals surface area contributed by atoms with Gasteiger partial charge in [0.1, 0.15) is 5.69 Å². The summed E-state index contributed by atoms with van der Waals surface area (Å²) in [5.74, 6) is -0.0224. The Kier molecular flexibility index (Phi) is 7.01. The molecule has 1 N–H and O–H groups in total. The highest BCUT2D eigenvalue weighted by Gasteiger charge is 2.12. The number of amides is 1. The molecule has 0 aliphatic heterocycles. The van der Waals surface area contributed by atoms with Crippen LogP contribution in [0.4, 0.5) is 5.69 Å². The molecule has 0 spiro atoms. The van der Waals surface area contributed by atoms with Gasteiger partial charge < -0.3 is 15.1 Å². The Labute approximate surface area is 122 Å². The topological polar surface area (TPSA) is 48.5 Å². The van der Waals surface area contributed by atoms with Gasteiger partial charge in [-0.1, -0.05) is 6.92 Å². The van der Waals surface area contributed by atoms with Crippen LogP contribution in [0, 0.1) is 0 Å². The van der Waals surface area contributed by atoms with Crippen molar-refractivity contribution in [1.29, 1.82) is 0 Å². The second-order valence-electron chi connectivity index (χ2n) is 5.24. The van der Waals surface area contributed by atoms with Gasteiger partial charge in [-0.3, -0.25) is 4.79 Å². The van der Waals surface area contributed by atoms with E-state index < -0.39 is 0 Å². The van der Waals surface area contributed by atoms with Crippen LogP contribution in [0.3, 0.4) is 0 Å². The van der Waals surface area contributed by atoms with Crippen LogP contribution in [-0.4, -0.2) is 61.5 Å². The fourth-order valence-corrected chi connectivity index (χ4v) is 1.82. The van der Waals surface area contributed by atoms with Crippen LogP contribution >= 0.6 is 0 Å². The summed E-state index contributed by atoms with van der Waals surface area (Å²) in [4.78, 5) is 20.2. The van der Waals surface area contributed by atoms with Crippen LogP contribution in [0.1, 0.15) is 30.3 Å². The van der Waals surface area contributed by atoms with E-state index in [1.165, 1.54) is 0 Å². The van der Waals surface area contributed by atoms with Crippen molar-refractivity contribution in [3.63, 3.8) is 0 Å².